The van der Waals surface area contributed by atoms with E-state index < -0.39 is 5.97 Å². The standard InChI is InChI=1S/C14H27NO2/c1-3-4-10-13(14(16)17)15(2)11-12-8-6-5-7-9-12/h12-13H,3-11H2,1-2H3,(H,16,17). The Morgan fingerprint density at radius 2 is 2.00 bits per heavy atom. The lowest BCUT2D eigenvalue weighted by Crippen LogP contribution is -2.41. The zero-order valence-electron chi connectivity index (χ0n) is 11.3. The summed E-state index contributed by atoms with van der Waals surface area (Å²) < 4.78 is 0. The third kappa shape index (κ3) is 5.07. The molecule has 17 heavy (non-hydrogen) atoms. The molecule has 0 heterocycles. The molecule has 3 heteroatoms. The van der Waals surface area contributed by atoms with Gasteiger partial charge in [0, 0.05) is 6.54 Å². The number of aliphatic carboxylic acids is 1. The normalized spacial score (nSPS) is 19.5. The molecule has 1 fully saturated rings. The fraction of sp³-hybridized carbons (Fsp3) is 0.929. The molecule has 1 saturated carbocycles. The van der Waals surface area contributed by atoms with Gasteiger partial charge in [-0.2, -0.15) is 0 Å². The van der Waals surface area contributed by atoms with Crippen LogP contribution < -0.4 is 0 Å². The number of hydrogen-bond donors (Lipinski definition) is 1. The van der Waals surface area contributed by atoms with E-state index in [0.717, 1.165) is 31.7 Å². The maximum atomic E-state index is 11.2. The number of carboxylic acids is 1. The Bertz CT molecular complexity index is 224. The molecule has 1 aliphatic carbocycles. The third-order valence-electron chi connectivity index (χ3n) is 3.92. The molecule has 0 amide bonds. The maximum Gasteiger partial charge on any atom is 0.320 e. The van der Waals surface area contributed by atoms with Crippen LogP contribution in [0.2, 0.25) is 0 Å². The number of likely N-dealkylation sites (N-methyl/N-ethyl adjacent to an activating group) is 1. The molecule has 0 aliphatic heterocycles. The Kier molecular flexibility index (Phi) is 6.56. The molecule has 100 valence electrons. The predicted octanol–water partition coefficient (Wildman–Crippen LogP) is 3.14. The summed E-state index contributed by atoms with van der Waals surface area (Å²) in [5, 5.41) is 9.26. The first-order chi connectivity index (χ1) is 8.15. The highest BCUT2D eigenvalue weighted by molar-refractivity contribution is 5.73. The summed E-state index contributed by atoms with van der Waals surface area (Å²) in [4.78, 5) is 13.3. The van der Waals surface area contributed by atoms with Crippen molar-refractivity contribution in [2.45, 2.75) is 64.3 Å². The molecule has 0 radical (unpaired) electrons. The minimum absolute atomic E-state index is 0.281. The quantitative estimate of drug-likeness (QED) is 0.744. The number of nitrogens with zero attached hydrogens (tertiary/aromatic N) is 1. The van der Waals surface area contributed by atoms with Gasteiger partial charge < -0.3 is 5.11 Å². The van der Waals surface area contributed by atoms with E-state index in [0.29, 0.717) is 0 Å². The van der Waals surface area contributed by atoms with E-state index in [4.69, 9.17) is 0 Å². The molecule has 0 aromatic rings. The molecule has 1 N–H and O–H groups in total. The molecule has 0 aromatic carbocycles. The fourth-order valence-corrected chi connectivity index (χ4v) is 2.83. The van der Waals surface area contributed by atoms with Gasteiger partial charge in [-0.25, -0.2) is 0 Å². The van der Waals surface area contributed by atoms with Crippen molar-refractivity contribution in [1.82, 2.24) is 4.90 Å². The van der Waals surface area contributed by atoms with Gasteiger partial charge in [0.25, 0.3) is 0 Å². The smallest absolute Gasteiger partial charge is 0.320 e. The minimum Gasteiger partial charge on any atom is -0.480 e. The maximum absolute atomic E-state index is 11.2. The van der Waals surface area contributed by atoms with E-state index >= 15 is 0 Å². The summed E-state index contributed by atoms with van der Waals surface area (Å²) in [5.41, 5.74) is 0. The van der Waals surface area contributed by atoms with Crippen LogP contribution in [-0.2, 0) is 4.79 Å². The Morgan fingerprint density at radius 3 is 2.53 bits per heavy atom. The van der Waals surface area contributed by atoms with Crippen LogP contribution in [0.25, 0.3) is 0 Å². The van der Waals surface area contributed by atoms with E-state index in [1.54, 1.807) is 0 Å². The van der Waals surface area contributed by atoms with Gasteiger partial charge in [0.2, 0.25) is 0 Å². The van der Waals surface area contributed by atoms with Crippen LogP contribution in [0.5, 0.6) is 0 Å². The highest BCUT2D eigenvalue weighted by atomic mass is 16.4. The topological polar surface area (TPSA) is 40.5 Å². The summed E-state index contributed by atoms with van der Waals surface area (Å²) in [6.45, 7) is 3.07. The van der Waals surface area contributed by atoms with Crippen LogP contribution in [0.15, 0.2) is 0 Å². The van der Waals surface area contributed by atoms with Gasteiger partial charge in [0.05, 0.1) is 0 Å². The first-order valence-electron chi connectivity index (χ1n) is 7.08. The molecular formula is C14H27NO2. The van der Waals surface area contributed by atoms with Crippen LogP contribution >= 0.6 is 0 Å². The summed E-state index contributed by atoms with van der Waals surface area (Å²) in [7, 11) is 1.98. The second-order valence-corrected chi connectivity index (χ2v) is 5.44. The molecule has 0 spiro atoms. The molecule has 0 aromatic heterocycles. The summed E-state index contributed by atoms with van der Waals surface area (Å²) in [5.74, 6) is 0.0639. The lowest BCUT2D eigenvalue weighted by molar-refractivity contribution is -0.143. The highest BCUT2D eigenvalue weighted by Crippen LogP contribution is 2.25. The van der Waals surface area contributed by atoms with Crippen molar-refractivity contribution in [2.75, 3.05) is 13.6 Å². The van der Waals surface area contributed by atoms with Gasteiger partial charge in [-0.15, -0.1) is 0 Å². The van der Waals surface area contributed by atoms with E-state index in [-0.39, 0.29) is 6.04 Å². The Hall–Kier alpha value is -0.570. The highest BCUT2D eigenvalue weighted by Gasteiger charge is 2.24. The minimum atomic E-state index is -0.656. The SMILES string of the molecule is CCCCC(C(=O)O)N(C)CC1CCCCC1. The van der Waals surface area contributed by atoms with E-state index in [2.05, 4.69) is 11.8 Å². The second kappa shape index (κ2) is 7.70. The average molecular weight is 241 g/mol. The van der Waals surface area contributed by atoms with E-state index in [9.17, 15) is 9.90 Å². The molecule has 0 saturated heterocycles. The number of unbranched alkanes of at least 4 members (excludes halogenated alkanes) is 1. The van der Waals surface area contributed by atoms with Crippen LogP contribution in [0.1, 0.15) is 58.3 Å². The number of hydrogen-bond acceptors (Lipinski definition) is 2. The van der Waals surface area contributed by atoms with Gasteiger partial charge in [-0.05, 0) is 32.2 Å². The largest absolute Gasteiger partial charge is 0.480 e. The number of carboxylic acid groups (broad SMARTS) is 1. The summed E-state index contributed by atoms with van der Waals surface area (Å²) in [6.07, 6.45) is 9.44. The van der Waals surface area contributed by atoms with E-state index in [1.165, 1.54) is 32.1 Å². The van der Waals surface area contributed by atoms with Crippen molar-refractivity contribution in [1.29, 1.82) is 0 Å². The van der Waals surface area contributed by atoms with Gasteiger partial charge in [-0.1, -0.05) is 39.0 Å². The summed E-state index contributed by atoms with van der Waals surface area (Å²) >= 11 is 0. The second-order valence-electron chi connectivity index (χ2n) is 5.44. The fourth-order valence-electron chi connectivity index (χ4n) is 2.83. The third-order valence-corrected chi connectivity index (χ3v) is 3.92. The average Bonchev–Trinajstić information content (AvgIpc) is 2.30. The van der Waals surface area contributed by atoms with Gasteiger partial charge in [0.15, 0.2) is 0 Å². The van der Waals surface area contributed by atoms with Crippen molar-refractivity contribution in [2.24, 2.45) is 5.92 Å². The van der Waals surface area contributed by atoms with Gasteiger partial charge in [-0.3, -0.25) is 9.69 Å². The molecular weight excluding hydrogens is 214 g/mol. The number of carbonyl (C=O) groups is 1. The Labute approximate surface area is 105 Å². The van der Waals surface area contributed by atoms with Crippen LogP contribution in [0.3, 0.4) is 0 Å². The van der Waals surface area contributed by atoms with Crippen LogP contribution in [-0.4, -0.2) is 35.6 Å². The lowest BCUT2D eigenvalue weighted by Gasteiger charge is -2.30. The van der Waals surface area contributed by atoms with Crippen LogP contribution in [0.4, 0.5) is 0 Å². The monoisotopic (exact) mass is 241 g/mol. The first kappa shape index (κ1) is 14.5. The zero-order valence-corrected chi connectivity index (χ0v) is 11.3. The molecule has 1 aliphatic rings. The molecule has 0 bridgehead atoms. The van der Waals surface area contributed by atoms with Crippen molar-refractivity contribution >= 4 is 5.97 Å². The summed E-state index contributed by atoms with van der Waals surface area (Å²) in [6, 6.07) is -0.281. The first-order valence-corrected chi connectivity index (χ1v) is 7.08. The zero-order chi connectivity index (χ0) is 12.7. The van der Waals surface area contributed by atoms with Gasteiger partial charge in [0.1, 0.15) is 6.04 Å². The Balaban J connectivity index is 2.40. The van der Waals surface area contributed by atoms with Crippen LogP contribution in [0, 0.1) is 5.92 Å². The molecule has 3 nitrogen and oxygen atoms in total. The Morgan fingerprint density at radius 1 is 1.35 bits per heavy atom. The molecule has 1 unspecified atom stereocenters. The van der Waals surface area contributed by atoms with Crippen molar-refractivity contribution in [3.63, 3.8) is 0 Å². The lowest BCUT2D eigenvalue weighted by atomic mass is 9.88. The molecule has 1 atom stereocenters. The molecule has 1 rings (SSSR count). The predicted molar refractivity (Wildman–Crippen MR) is 70.2 cm³/mol. The van der Waals surface area contributed by atoms with Crippen molar-refractivity contribution in [3.05, 3.63) is 0 Å². The van der Waals surface area contributed by atoms with E-state index in [1.807, 2.05) is 7.05 Å². The van der Waals surface area contributed by atoms with Crippen molar-refractivity contribution in [3.8, 4) is 0 Å². The van der Waals surface area contributed by atoms with Crippen molar-refractivity contribution < 1.29 is 9.90 Å². The van der Waals surface area contributed by atoms with Gasteiger partial charge >= 0.3 is 5.97 Å². The number of rotatable bonds is 7.